The molecule has 1 fully saturated rings. The highest BCUT2D eigenvalue weighted by molar-refractivity contribution is 6.07. The summed E-state index contributed by atoms with van der Waals surface area (Å²) in [6.07, 6.45) is 1.90. The third-order valence-corrected chi connectivity index (χ3v) is 4.54. The minimum atomic E-state index is -0.572. The zero-order valence-electron chi connectivity index (χ0n) is 13.3. The SMILES string of the molecule is CC(C)N1CCN2c3ncccc3C(=O)C(C)(C)NC2C1. The van der Waals surface area contributed by atoms with E-state index in [0.717, 1.165) is 31.0 Å². The highest BCUT2D eigenvalue weighted by Crippen LogP contribution is 2.30. The van der Waals surface area contributed by atoms with E-state index in [0.29, 0.717) is 6.04 Å². The van der Waals surface area contributed by atoms with Crippen LogP contribution in [0.1, 0.15) is 38.1 Å². The fraction of sp³-hybridized carbons (Fsp3) is 0.625. The Kier molecular flexibility index (Phi) is 3.50. The number of nitrogens with one attached hydrogen (secondary N) is 1. The lowest BCUT2D eigenvalue weighted by molar-refractivity contribution is 0.0855. The predicted molar refractivity (Wildman–Crippen MR) is 83.6 cm³/mol. The van der Waals surface area contributed by atoms with Crippen molar-refractivity contribution in [2.75, 3.05) is 24.5 Å². The normalized spacial score (nSPS) is 25.5. The molecule has 0 spiro atoms. The van der Waals surface area contributed by atoms with Gasteiger partial charge in [0.25, 0.3) is 0 Å². The Morgan fingerprint density at radius 3 is 2.86 bits per heavy atom. The van der Waals surface area contributed by atoms with Gasteiger partial charge in [-0.2, -0.15) is 0 Å². The van der Waals surface area contributed by atoms with Crippen LogP contribution in [0.5, 0.6) is 0 Å². The molecule has 2 aliphatic heterocycles. The first-order valence-corrected chi connectivity index (χ1v) is 7.68. The lowest BCUT2D eigenvalue weighted by Gasteiger charge is -2.44. The van der Waals surface area contributed by atoms with E-state index >= 15 is 0 Å². The third-order valence-electron chi connectivity index (χ3n) is 4.54. The first-order chi connectivity index (χ1) is 9.90. The standard InChI is InChI=1S/C16H24N4O/c1-11(2)19-8-9-20-13(10-19)18-16(3,4)14(21)12-6-5-7-17-15(12)20/h5-7,11,13,18H,8-10H2,1-4H3. The number of nitrogens with zero attached hydrogens (tertiary/aromatic N) is 3. The van der Waals surface area contributed by atoms with Gasteiger partial charge in [0.15, 0.2) is 5.78 Å². The summed E-state index contributed by atoms with van der Waals surface area (Å²) in [5.41, 5.74) is 0.160. The second-order valence-electron chi connectivity index (χ2n) is 6.77. The summed E-state index contributed by atoms with van der Waals surface area (Å²) in [4.78, 5) is 22.0. The maximum absolute atomic E-state index is 12.8. The summed E-state index contributed by atoms with van der Waals surface area (Å²) < 4.78 is 0. The van der Waals surface area contributed by atoms with Crippen molar-refractivity contribution in [1.29, 1.82) is 0 Å². The molecule has 5 nitrogen and oxygen atoms in total. The number of rotatable bonds is 1. The highest BCUT2D eigenvalue weighted by atomic mass is 16.1. The second kappa shape index (κ2) is 5.07. The third kappa shape index (κ3) is 2.45. The molecule has 3 rings (SSSR count). The van der Waals surface area contributed by atoms with Crippen molar-refractivity contribution >= 4 is 11.6 Å². The smallest absolute Gasteiger partial charge is 0.186 e. The van der Waals surface area contributed by atoms with Gasteiger partial charge in [-0.25, -0.2) is 4.98 Å². The van der Waals surface area contributed by atoms with E-state index in [1.165, 1.54) is 0 Å². The molecule has 1 aromatic heterocycles. The molecule has 0 radical (unpaired) electrons. The van der Waals surface area contributed by atoms with Gasteiger partial charge in [0, 0.05) is 31.9 Å². The van der Waals surface area contributed by atoms with Crippen LogP contribution in [-0.2, 0) is 0 Å². The first-order valence-electron chi connectivity index (χ1n) is 7.68. The lowest BCUT2D eigenvalue weighted by Crippen LogP contribution is -2.64. The number of hydrogen-bond donors (Lipinski definition) is 1. The molecular formula is C16H24N4O. The number of anilines is 1. The topological polar surface area (TPSA) is 48.5 Å². The molecule has 5 heteroatoms. The van der Waals surface area contributed by atoms with Crippen molar-refractivity contribution in [3.63, 3.8) is 0 Å². The van der Waals surface area contributed by atoms with Crippen LogP contribution in [-0.4, -0.2) is 53.0 Å². The van der Waals surface area contributed by atoms with E-state index in [4.69, 9.17) is 0 Å². The van der Waals surface area contributed by atoms with Gasteiger partial charge in [0.05, 0.1) is 17.3 Å². The van der Waals surface area contributed by atoms with E-state index in [2.05, 4.69) is 33.9 Å². The van der Waals surface area contributed by atoms with Gasteiger partial charge < -0.3 is 4.90 Å². The molecule has 0 bridgehead atoms. The first kappa shape index (κ1) is 14.5. The van der Waals surface area contributed by atoms with Crippen LogP contribution in [0.15, 0.2) is 18.3 Å². The Labute approximate surface area is 126 Å². The van der Waals surface area contributed by atoms with Crippen LogP contribution in [0, 0.1) is 0 Å². The van der Waals surface area contributed by atoms with Crippen LogP contribution in [0.4, 0.5) is 5.82 Å². The van der Waals surface area contributed by atoms with Crippen molar-refractivity contribution in [2.45, 2.75) is 45.4 Å². The number of pyridine rings is 1. The molecule has 0 amide bonds. The molecule has 0 aliphatic carbocycles. The fourth-order valence-electron chi connectivity index (χ4n) is 3.27. The summed E-state index contributed by atoms with van der Waals surface area (Å²) in [7, 11) is 0. The number of hydrogen-bond acceptors (Lipinski definition) is 5. The molecule has 1 aromatic rings. The Hall–Kier alpha value is -1.46. The summed E-state index contributed by atoms with van der Waals surface area (Å²) in [6.45, 7) is 11.2. The average molecular weight is 288 g/mol. The Balaban J connectivity index is 2.02. The zero-order chi connectivity index (χ0) is 15.2. The van der Waals surface area contributed by atoms with Gasteiger partial charge in [-0.3, -0.25) is 15.0 Å². The quantitative estimate of drug-likeness (QED) is 0.849. The van der Waals surface area contributed by atoms with E-state index in [9.17, 15) is 4.79 Å². The van der Waals surface area contributed by atoms with Crippen molar-refractivity contribution in [3.8, 4) is 0 Å². The summed E-state index contributed by atoms with van der Waals surface area (Å²) in [5, 5.41) is 3.53. The molecule has 114 valence electrons. The number of fused-ring (bicyclic) bond motifs is 3. The molecule has 3 heterocycles. The minimum absolute atomic E-state index is 0.121. The van der Waals surface area contributed by atoms with Crippen molar-refractivity contribution in [3.05, 3.63) is 23.9 Å². The molecule has 0 aromatic carbocycles. The van der Waals surface area contributed by atoms with Crippen LogP contribution >= 0.6 is 0 Å². The van der Waals surface area contributed by atoms with Crippen LogP contribution in [0.3, 0.4) is 0 Å². The molecule has 1 unspecified atom stereocenters. The molecule has 1 N–H and O–H groups in total. The number of carbonyl (C=O) groups is 1. The van der Waals surface area contributed by atoms with E-state index in [1.807, 2.05) is 26.0 Å². The van der Waals surface area contributed by atoms with E-state index in [1.54, 1.807) is 6.20 Å². The van der Waals surface area contributed by atoms with Gasteiger partial charge in [-0.1, -0.05) is 0 Å². The number of piperazine rings is 1. The lowest BCUT2D eigenvalue weighted by atomic mass is 9.94. The average Bonchev–Trinajstić information content (AvgIpc) is 2.53. The van der Waals surface area contributed by atoms with Crippen molar-refractivity contribution in [1.82, 2.24) is 15.2 Å². The van der Waals surface area contributed by atoms with E-state index < -0.39 is 5.54 Å². The maximum Gasteiger partial charge on any atom is 0.186 e. The second-order valence-corrected chi connectivity index (χ2v) is 6.77. The molecule has 2 aliphatic rings. The van der Waals surface area contributed by atoms with Crippen molar-refractivity contribution < 1.29 is 4.79 Å². The summed E-state index contributed by atoms with van der Waals surface area (Å²) >= 11 is 0. The number of ketones is 1. The van der Waals surface area contributed by atoms with Gasteiger partial charge in [-0.15, -0.1) is 0 Å². The van der Waals surface area contributed by atoms with Gasteiger partial charge >= 0.3 is 0 Å². The monoisotopic (exact) mass is 288 g/mol. The van der Waals surface area contributed by atoms with Gasteiger partial charge in [-0.05, 0) is 39.8 Å². The fourth-order valence-corrected chi connectivity index (χ4v) is 3.27. The minimum Gasteiger partial charge on any atom is -0.338 e. The van der Waals surface area contributed by atoms with Crippen LogP contribution < -0.4 is 10.2 Å². The molecule has 21 heavy (non-hydrogen) atoms. The Morgan fingerprint density at radius 1 is 1.38 bits per heavy atom. The van der Waals surface area contributed by atoms with Gasteiger partial charge in [0.1, 0.15) is 5.82 Å². The number of Topliss-reactive ketones (excluding diaryl/α,β-unsaturated/α-hetero) is 1. The molecule has 1 saturated heterocycles. The molecule has 1 atom stereocenters. The largest absolute Gasteiger partial charge is 0.338 e. The number of carbonyl (C=O) groups excluding carboxylic acids is 1. The molecular weight excluding hydrogens is 264 g/mol. The van der Waals surface area contributed by atoms with E-state index in [-0.39, 0.29) is 11.9 Å². The summed E-state index contributed by atoms with van der Waals surface area (Å²) in [5.74, 6) is 0.949. The highest BCUT2D eigenvalue weighted by Gasteiger charge is 2.41. The Bertz CT molecular complexity index is 555. The predicted octanol–water partition coefficient (Wildman–Crippen LogP) is 1.50. The van der Waals surface area contributed by atoms with Crippen LogP contribution in [0.25, 0.3) is 0 Å². The Morgan fingerprint density at radius 2 is 2.14 bits per heavy atom. The molecule has 0 saturated carbocycles. The van der Waals surface area contributed by atoms with Gasteiger partial charge in [0.2, 0.25) is 0 Å². The maximum atomic E-state index is 12.8. The van der Waals surface area contributed by atoms with Crippen molar-refractivity contribution in [2.24, 2.45) is 0 Å². The number of aromatic nitrogens is 1. The zero-order valence-corrected chi connectivity index (χ0v) is 13.3. The van der Waals surface area contributed by atoms with Crippen LogP contribution in [0.2, 0.25) is 0 Å². The summed E-state index contributed by atoms with van der Waals surface area (Å²) in [6, 6.07) is 4.25.